The largest absolute Gasteiger partial charge is 0.462 e. The van der Waals surface area contributed by atoms with Crippen LogP contribution in [0, 0.1) is 0 Å². The fourth-order valence-corrected chi connectivity index (χ4v) is 2.17. The van der Waals surface area contributed by atoms with Gasteiger partial charge in [0.05, 0.1) is 17.7 Å². The molecule has 0 aliphatic rings. The monoisotopic (exact) mass is 377 g/mol. The molecule has 0 unspecified atom stereocenters. The SMILES string of the molecule is CC.CC.CCOC(=O)c1cc(C=O)c2ccn(C(=O)OC(C)(C)C)c2c1. The quantitative estimate of drug-likeness (QED) is 0.524. The Balaban J connectivity index is 0.00000158. The third-order valence-electron chi connectivity index (χ3n) is 3.07. The Morgan fingerprint density at radius 1 is 1.11 bits per heavy atom. The van der Waals surface area contributed by atoms with Gasteiger partial charge in [-0.1, -0.05) is 27.7 Å². The highest BCUT2D eigenvalue weighted by atomic mass is 16.6. The highest BCUT2D eigenvalue weighted by molar-refractivity contribution is 6.04. The molecule has 150 valence electrons. The van der Waals surface area contributed by atoms with Gasteiger partial charge >= 0.3 is 12.1 Å². The Hall–Kier alpha value is -2.63. The van der Waals surface area contributed by atoms with Crippen LogP contribution in [0.2, 0.25) is 0 Å². The molecule has 1 aromatic heterocycles. The van der Waals surface area contributed by atoms with Gasteiger partial charge in [0.2, 0.25) is 0 Å². The Bertz CT molecular complexity index is 769. The molecule has 0 saturated carbocycles. The number of ether oxygens (including phenoxy) is 2. The summed E-state index contributed by atoms with van der Waals surface area (Å²) in [5, 5.41) is 0.568. The molecule has 0 amide bonds. The van der Waals surface area contributed by atoms with E-state index in [4.69, 9.17) is 9.47 Å². The van der Waals surface area contributed by atoms with Crippen LogP contribution in [0.4, 0.5) is 4.79 Å². The minimum atomic E-state index is -0.653. The number of carbonyl (C=O) groups excluding carboxylic acids is 3. The third-order valence-corrected chi connectivity index (χ3v) is 3.07. The lowest BCUT2D eigenvalue weighted by atomic mass is 10.1. The number of nitrogens with zero attached hydrogens (tertiary/aromatic N) is 1. The molecular formula is C21H31NO5. The van der Waals surface area contributed by atoms with Crippen LogP contribution < -0.4 is 0 Å². The van der Waals surface area contributed by atoms with Gasteiger partial charge in [-0.05, 0) is 45.9 Å². The van der Waals surface area contributed by atoms with E-state index in [1.807, 2.05) is 27.7 Å². The van der Waals surface area contributed by atoms with E-state index >= 15 is 0 Å². The number of fused-ring (bicyclic) bond motifs is 1. The molecule has 0 aliphatic carbocycles. The molecule has 0 spiro atoms. The summed E-state index contributed by atoms with van der Waals surface area (Å²) in [6, 6.07) is 4.61. The number of rotatable bonds is 3. The highest BCUT2D eigenvalue weighted by Crippen LogP contribution is 2.23. The van der Waals surface area contributed by atoms with E-state index in [-0.39, 0.29) is 12.2 Å². The molecular weight excluding hydrogens is 346 g/mol. The molecule has 0 aliphatic heterocycles. The van der Waals surface area contributed by atoms with Crippen molar-refractivity contribution in [2.75, 3.05) is 6.61 Å². The summed E-state index contributed by atoms with van der Waals surface area (Å²) in [4.78, 5) is 35.5. The normalized spacial score (nSPS) is 10.1. The molecule has 2 aromatic rings. The molecule has 6 heteroatoms. The van der Waals surface area contributed by atoms with Crippen molar-refractivity contribution in [2.45, 2.75) is 61.0 Å². The summed E-state index contributed by atoms with van der Waals surface area (Å²) in [7, 11) is 0. The van der Waals surface area contributed by atoms with E-state index in [2.05, 4.69) is 0 Å². The Kier molecular flexibility index (Phi) is 10.1. The minimum Gasteiger partial charge on any atom is -0.462 e. The van der Waals surface area contributed by atoms with Gasteiger partial charge < -0.3 is 9.47 Å². The molecule has 2 rings (SSSR count). The average Bonchev–Trinajstić information content (AvgIpc) is 3.07. The summed E-state index contributed by atoms with van der Waals surface area (Å²) < 4.78 is 11.6. The molecule has 0 N–H and O–H groups in total. The second-order valence-corrected chi connectivity index (χ2v) is 6.00. The van der Waals surface area contributed by atoms with Crippen molar-refractivity contribution < 1.29 is 23.9 Å². The van der Waals surface area contributed by atoms with Crippen LogP contribution in [0.25, 0.3) is 10.9 Å². The van der Waals surface area contributed by atoms with Crippen LogP contribution >= 0.6 is 0 Å². The zero-order valence-corrected chi connectivity index (χ0v) is 17.6. The lowest BCUT2D eigenvalue weighted by Crippen LogP contribution is -2.26. The summed E-state index contributed by atoms with van der Waals surface area (Å²) in [6.07, 6.45) is 1.58. The maximum Gasteiger partial charge on any atom is 0.418 e. The molecule has 0 saturated heterocycles. The maximum absolute atomic E-state index is 12.3. The van der Waals surface area contributed by atoms with Crippen molar-refractivity contribution >= 4 is 29.3 Å². The topological polar surface area (TPSA) is 74.6 Å². The average molecular weight is 377 g/mol. The number of aldehydes is 1. The van der Waals surface area contributed by atoms with Crippen LogP contribution in [0.3, 0.4) is 0 Å². The van der Waals surface area contributed by atoms with Gasteiger partial charge in [0, 0.05) is 17.1 Å². The molecule has 27 heavy (non-hydrogen) atoms. The van der Waals surface area contributed by atoms with Crippen LogP contribution in [0.5, 0.6) is 0 Å². The number of benzene rings is 1. The smallest absolute Gasteiger partial charge is 0.418 e. The van der Waals surface area contributed by atoms with Crippen molar-refractivity contribution in [3.8, 4) is 0 Å². The second kappa shape index (κ2) is 11.2. The minimum absolute atomic E-state index is 0.213. The zero-order chi connectivity index (χ0) is 21.2. The number of aromatic nitrogens is 1. The third kappa shape index (κ3) is 6.55. The van der Waals surface area contributed by atoms with E-state index in [1.165, 1.54) is 22.9 Å². The number of hydrogen-bond acceptors (Lipinski definition) is 5. The maximum atomic E-state index is 12.3. The van der Waals surface area contributed by atoms with Crippen molar-refractivity contribution in [2.24, 2.45) is 0 Å². The summed E-state index contributed by atoms with van der Waals surface area (Å²) in [5.41, 5.74) is 0.296. The van der Waals surface area contributed by atoms with E-state index < -0.39 is 17.7 Å². The van der Waals surface area contributed by atoms with E-state index in [0.717, 1.165) is 0 Å². The predicted molar refractivity (Wildman–Crippen MR) is 108 cm³/mol. The van der Waals surface area contributed by atoms with Gasteiger partial charge in [-0.3, -0.25) is 9.36 Å². The molecule has 0 fully saturated rings. The van der Waals surface area contributed by atoms with Gasteiger partial charge in [0.15, 0.2) is 6.29 Å². The van der Waals surface area contributed by atoms with E-state index in [9.17, 15) is 14.4 Å². The molecule has 1 aromatic carbocycles. The van der Waals surface area contributed by atoms with Gasteiger partial charge in [-0.15, -0.1) is 0 Å². The molecule has 0 bridgehead atoms. The molecule has 1 heterocycles. The molecule has 0 radical (unpaired) electrons. The van der Waals surface area contributed by atoms with Gasteiger partial charge in [-0.25, -0.2) is 9.59 Å². The van der Waals surface area contributed by atoms with Gasteiger partial charge in [0.1, 0.15) is 5.60 Å². The first kappa shape index (κ1) is 24.4. The van der Waals surface area contributed by atoms with E-state index in [1.54, 1.807) is 33.8 Å². The first-order valence-corrected chi connectivity index (χ1v) is 9.27. The number of hydrogen-bond donors (Lipinski definition) is 0. The Morgan fingerprint density at radius 2 is 1.70 bits per heavy atom. The van der Waals surface area contributed by atoms with Crippen molar-refractivity contribution in [3.05, 3.63) is 35.5 Å². The molecule has 0 atom stereocenters. The highest BCUT2D eigenvalue weighted by Gasteiger charge is 2.21. The van der Waals surface area contributed by atoms with Gasteiger partial charge in [-0.2, -0.15) is 0 Å². The van der Waals surface area contributed by atoms with Crippen LogP contribution in [-0.2, 0) is 9.47 Å². The van der Waals surface area contributed by atoms with Crippen LogP contribution in [0.1, 0.15) is 76.1 Å². The number of esters is 1. The second-order valence-electron chi connectivity index (χ2n) is 6.00. The fourth-order valence-electron chi connectivity index (χ4n) is 2.17. The molecule has 6 nitrogen and oxygen atoms in total. The van der Waals surface area contributed by atoms with Crippen LogP contribution in [0.15, 0.2) is 24.4 Å². The van der Waals surface area contributed by atoms with Crippen molar-refractivity contribution in [1.82, 2.24) is 4.57 Å². The Morgan fingerprint density at radius 3 is 2.19 bits per heavy atom. The predicted octanol–water partition coefficient (Wildman–Crippen LogP) is 5.47. The summed E-state index contributed by atoms with van der Waals surface area (Å²) >= 11 is 0. The van der Waals surface area contributed by atoms with E-state index in [0.29, 0.717) is 22.8 Å². The fraction of sp³-hybridized carbons (Fsp3) is 0.476. The zero-order valence-electron chi connectivity index (χ0n) is 17.6. The van der Waals surface area contributed by atoms with Gasteiger partial charge in [0.25, 0.3) is 0 Å². The first-order chi connectivity index (χ1) is 12.8. The first-order valence-electron chi connectivity index (χ1n) is 9.27. The van der Waals surface area contributed by atoms with Crippen LogP contribution in [-0.4, -0.2) is 35.1 Å². The standard InChI is InChI=1S/C17H19NO5.2C2H6/c1-5-22-15(20)11-8-12(10-19)13-6-7-18(14(13)9-11)16(21)23-17(2,3)4;2*1-2/h6-10H,5H2,1-4H3;2*1-2H3. The number of carbonyl (C=O) groups is 3. The van der Waals surface area contributed by atoms with Crippen molar-refractivity contribution in [3.63, 3.8) is 0 Å². The lowest BCUT2D eigenvalue weighted by molar-refractivity contribution is 0.0518. The summed E-state index contributed by atoms with van der Waals surface area (Å²) in [5.74, 6) is -0.547. The lowest BCUT2D eigenvalue weighted by Gasteiger charge is -2.19. The Labute approximate surface area is 161 Å². The van der Waals surface area contributed by atoms with Crippen molar-refractivity contribution in [1.29, 1.82) is 0 Å². The summed E-state index contributed by atoms with van der Waals surface area (Å²) in [6.45, 7) is 15.2.